The van der Waals surface area contributed by atoms with Gasteiger partial charge in [0, 0.05) is 28.6 Å². The number of anilines is 1. The molecule has 8 nitrogen and oxygen atoms in total. The lowest BCUT2D eigenvalue weighted by atomic mass is 9.98. The maximum atomic E-state index is 13.4. The third-order valence-electron chi connectivity index (χ3n) is 6.56. The van der Waals surface area contributed by atoms with Gasteiger partial charge in [0.25, 0.3) is 5.91 Å². The highest BCUT2D eigenvalue weighted by Gasteiger charge is 2.23. The van der Waals surface area contributed by atoms with Crippen LogP contribution in [0.5, 0.6) is 23.0 Å². The van der Waals surface area contributed by atoms with Gasteiger partial charge in [-0.1, -0.05) is 36.4 Å². The number of nitrogens with two attached hydrogens (primary N) is 1. The number of fused-ring (bicyclic) bond motifs is 2. The molecule has 9 heteroatoms. The molecule has 0 fully saturated rings. The Hall–Kier alpha value is -4.76. The summed E-state index contributed by atoms with van der Waals surface area (Å²) >= 11 is 1.26. The SMILES string of the molecule is COc1ccc(OC)c(-c2cc(-c3ccccc3)nc3sc(C(=O)NCc4ccc5c(c4)OCO5)c(N)c23)c1. The van der Waals surface area contributed by atoms with Crippen LogP contribution in [0.25, 0.3) is 32.6 Å². The molecule has 5 aromatic rings. The van der Waals surface area contributed by atoms with Crippen molar-refractivity contribution in [3.05, 3.63) is 83.2 Å². The van der Waals surface area contributed by atoms with Crippen molar-refractivity contribution in [2.45, 2.75) is 6.54 Å². The van der Waals surface area contributed by atoms with Gasteiger partial charge in [-0.2, -0.15) is 0 Å². The van der Waals surface area contributed by atoms with E-state index < -0.39 is 0 Å². The molecule has 0 spiro atoms. The summed E-state index contributed by atoms with van der Waals surface area (Å²) in [5.41, 5.74) is 11.2. The van der Waals surface area contributed by atoms with Crippen LogP contribution < -0.4 is 30.0 Å². The van der Waals surface area contributed by atoms with E-state index >= 15 is 0 Å². The van der Waals surface area contributed by atoms with Crippen molar-refractivity contribution in [2.24, 2.45) is 0 Å². The molecule has 0 unspecified atom stereocenters. The lowest BCUT2D eigenvalue weighted by molar-refractivity contribution is 0.0955. The zero-order valence-corrected chi connectivity index (χ0v) is 22.1. The molecular weight excluding hydrogens is 514 g/mol. The number of benzene rings is 3. The van der Waals surface area contributed by atoms with Crippen molar-refractivity contribution in [2.75, 3.05) is 26.7 Å². The van der Waals surface area contributed by atoms with Crippen LogP contribution in [-0.2, 0) is 6.54 Å². The number of carbonyl (C=O) groups excluding carboxylic acids is 1. The molecule has 6 rings (SSSR count). The fraction of sp³-hybridized carbons (Fsp3) is 0.133. The topological polar surface area (TPSA) is 105 Å². The van der Waals surface area contributed by atoms with E-state index in [0.717, 1.165) is 27.9 Å². The third kappa shape index (κ3) is 4.57. The Morgan fingerprint density at radius 2 is 1.79 bits per heavy atom. The summed E-state index contributed by atoms with van der Waals surface area (Å²) < 4.78 is 22.0. The Bertz CT molecular complexity index is 1700. The van der Waals surface area contributed by atoms with E-state index in [0.29, 0.717) is 50.3 Å². The van der Waals surface area contributed by atoms with Crippen LogP contribution in [0, 0.1) is 0 Å². The maximum Gasteiger partial charge on any atom is 0.263 e. The van der Waals surface area contributed by atoms with Crippen LogP contribution in [0.15, 0.2) is 72.8 Å². The van der Waals surface area contributed by atoms with Gasteiger partial charge in [0.05, 0.1) is 25.6 Å². The van der Waals surface area contributed by atoms with Crippen LogP contribution in [0.3, 0.4) is 0 Å². The molecule has 0 saturated carbocycles. The number of nitrogen functional groups attached to an aromatic ring is 1. The maximum absolute atomic E-state index is 13.4. The van der Waals surface area contributed by atoms with E-state index in [4.69, 9.17) is 29.7 Å². The summed E-state index contributed by atoms with van der Waals surface area (Å²) in [7, 11) is 3.23. The lowest BCUT2D eigenvalue weighted by Gasteiger charge is -2.14. The molecule has 1 aliphatic heterocycles. The number of ether oxygens (including phenoxy) is 4. The third-order valence-corrected chi connectivity index (χ3v) is 7.66. The molecule has 0 aliphatic carbocycles. The molecule has 0 saturated heterocycles. The zero-order chi connectivity index (χ0) is 26.9. The predicted octanol–water partition coefficient (Wildman–Crippen LogP) is 5.89. The summed E-state index contributed by atoms with van der Waals surface area (Å²) in [4.78, 5) is 19.3. The summed E-state index contributed by atoms with van der Waals surface area (Å²) in [6, 6.07) is 23.0. The predicted molar refractivity (Wildman–Crippen MR) is 152 cm³/mol. The molecule has 0 radical (unpaired) electrons. The van der Waals surface area contributed by atoms with Gasteiger partial charge in [-0.25, -0.2) is 4.98 Å². The first kappa shape index (κ1) is 24.6. The van der Waals surface area contributed by atoms with E-state index in [-0.39, 0.29) is 12.7 Å². The standard InChI is InChI=1S/C30H25N3O5S/c1-35-19-9-11-23(36-2)20(13-19)21-14-22(18-6-4-3-5-7-18)33-30-26(21)27(31)28(39-30)29(34)32-15-17-8-10-24-25(12-17)38-16-37-24/h3-14H,15-16,31H2,1-2H3,(H,32,34). The second-order valence-electron chi connectivity index (χ2n) is 8.88. The minimum absolute atomic E-state index is 0.196. The Morgan fingerprint density at radius 1 is 0.974 bits per heavy atom. The molecule has 196 valence electrons. The number of aromatic nitrogens is 1. The number of nitrogens with one attached hydrogen (secondary N) is 1. The number of pyridine rings is 1. The first-order valence-electron chi connectivity index (χ1n) is 12.2. The fourth-order valence-electron chi connectivity index (χ4n) is 4.60. The molecule has 39 heavy (non-hydrogen) atoms. The van der Waals surface area contributed by atoms with Crippen molar-refractivity contribution in [3.8, 4) is 45.4 Å². The summed E-state index contributed by atoms with van der Waals surface area (Å²) in [6.45, 7) is 0.504. The molecular formula is C30H25N3O5S. The van der Waals surface area contributed by atoms with Crippen LogP contribution in [0.2, 0.25) is 0 Å². The Morgan fingerprint density at radius 3 is 2.59 bits per heavy atom. The highest BCUT2D eigenvalue weighted by Crippen LogP contribution is 2.44. The molecule has 3 N–H and O–H groups in total. The minimum atomic E-state index is -0.280. The van der Waals surface area contributed by atoms with Gasteiger partial charge in [0.15, 0.2) is 11.5 Å². The number of rotatable bonds is 7. The minimum Gasteiger partial charge on any atom is -0.497 e. The molecule has 3 aromatic carbocycles. The monoisotopic (exact) mass is 539 g/mol. The number of thiophene rings is 1. The van der Waals surface area contributed by atoms with Crippen molar-refractivity contribution < 1.29 is 23.7 Å². The van der Waals surface area contributed by atoms with E-state index in [2.05, 4.69) is 5.32 Å². The summed E-state index contributed by atoms with van der Waals surface area (Å²) in [6.07, 6.45) is 0. The number of hydrogen-bond acceptors (Lipinski definition) is 8. The molecule has 1 aliphatic rings. The van der Waals surface area contributed by atoms with Crippen LogP contribution in [0.4, 0.5) is 5.69 Å². The number of carbonyl (C=O) groups is 1. The first-order chi connectivity index (χ1) is 19.1. The number of amides is 1. The van der Waals surface area contributed by atoms with E-state index in [9.17, 15) is 4.79 Å². The highest BCUT2D eigenvalue weighted by molar-refractivity contribution is 7.21. The lowest BCUT2D eigenvalue weighted by Crippen LogP contribution is -2.22. The van der Waals surface area contributed by atoms with Gasteiger partial charge in [0.2, 0.25) is 6.79 Å². The molecule has 0 bridgehead atoms. The molecule has 2 aromatic heterocycles. The smallest absolute Gasteiger partial charge is 0.263 e. The largest absolute Gasteiger partial charge is 0.497 e. The van der Waals surface area contributed by atoms with Gasteiger partial charge in [-0.15, -0.1) is 11.3 Å². The highest BCUT2D eigenvalue weighted by atomic mass is 32.1. The number of nitrogens with zero attached hydrogens (tertiary/aromatic N) is 1. The Balaban J connectivity index is 1.44. The van der Waals surface area contributed by atoms with Crippen molar-refractivity contribution >= 4 is 33.1 Å². The molecule has 1 amide bonds. The average Bonchev–Trinajstić information content (AvgIpc) is 3.59. The van der Waals surface area contributed by atoms with Crippen molar-refractivity contribution in [1.82, 2.24) is 10.3 Å². The Kier molecular flexibility index (Phi) is 6.42. The number of hydrogen-bond donors (Lipinski definition) is 2. The van der Waals surface area contributed by atoms with Crippen molar-refractivity contribution in [3.63, 3.8) is 0 Å². The molecule has 0 atom stereocenters. The summed E-state index contributed by atoms with van der Waals surface area (Å²) in [5, 5.41) is 3.67. The van der Waals surface area contributed by atoms with Gasteiger partial charge in [0.1, 0.15) is 21.2 Å². The van der Waals surface area contributed by atoms with E-state index in [1.807, 2.05) is 72.8 Å². The van der Waals surface area contributed by atoms with Crippen LogP contribution in [-0.4, -0.2) is 31.9 Å². The fourth-order valence-corrected chi connectivity index (χ4v) is 5.63. The normalized spacial score (nSPS) is 11.9. The summed E-state index contributed by atoms with van der Waals surface area (Å²) in [5.74, 6) is 2.41. The first-order valence-corrected chi connectivity index (χ1v) is 13.0. The van der Waals surface area contributed by atoms with Crippen LogP contribution in [0.1, 0.15) is 15.2 Å². The van der Waals surface area contributed by atoms with Gasteiger partial charge < -0.3 is 30.0 Å². The second kappa shape index (κ2) is 10.2. The van der Waals surface area contributed by atoms with Gasteiger partial charge >= 0.3 is 0 Å². The Labute approximate surface area is 228 Å². The average molecular weight is 540 g/mol. The van der Waals surface area contributed by atoms with E-state index in [1.54, 1.807) is 14.2 Å². The quantitative estimate of drug-likeness (QED) is 0.266. The van der Waals surface area contributed by atoms with Crippen LogP contribution >= 0.6 is 11.3 Å². The van der Waals surface area contributed by atoms with E-state index in [1.165, 1.54) is 11.3 Å². The van der Waals surface area contributed by atoms with Gasteiger partial charge in [-0.05, 0) is 42.0 Å². The van der Waals surface area contributed by atoms with Crippen molar-refractivity contribution in [1.29, 1.82) is 0 Å². The second-order valence-corrected chi connectivity index (χ2v) is 9.88. The number of methoxy groups -OCH3 is 2. The zero-order valence-electron chi connectivity index (χ0n) is 21.3. The molecule has 3 heterocycles. The van der Waals surface area contributed by atoms with Gasteiger partial charge in [-0.3, -0.25) is 4.79 Å².